The lowest BCUT2D eigenvalue weighted by Crippen LogP contribution is -1.91. The first-order chi connectivity index (χ1) is 7.04. The molecule has 0 saturated heterocycles. The molecule has 0 rings (SSSR count). The van der Waals surface area contributed by atoms with Crippen molar-refractivity contribution >= 4 is 5.97 Å². The van der Waals surface area contributed by atoms with Gasteiger partial charge in [-0.15, -0.1) is 0 Å². The van der Waals surface area contributed by atoms with E-state index >= 15 is 0 Å². The Morgan fingerprint density at radius 1 is 1.07 bits per heavy atom. The molecule has 0 fully saturated rings. The average Bonchev–Trinajstić information content (AvgIpc) is 2.15. The number of unbranched alkanes of at least 4 members (excludes halogenated alkanes) is 3. The first kappa shape index (κ1) is 16.9. The summed E-state index contributed by atoms with van der Waals surface area (Å²) in [6, 6.07) is 0. The van der Waals surface area contributed by atoms with Gasteiger partial charge < -0.3 is 5.11 Å². The molecular weight excluding hydrogens is 188 g/mol. The van der Waals surface area contributed by atoms with Crippen molar-refractivity contribution in [1.29, 1.82) is 0 Å². The van der Waals surface area contributed by atoms with Gasteiger partial charge in [0, 0.05) is 6.42 Å². The molecule has 0 amide bonds. The van der Waals surface area contributed by atoms with Crippen LogP contribution in [0.5, 0.6) is 0 Å². The molecule has 0 aliphatic rings. The Hall–Kier alpha value is -0.530. The molecule has 2 heteroatoms. The molecule has 0 aromatic carbocycles. The Morgan fingerprint density at radius 3 is 1.87 bits per heavy atom. The lowest BCUT2D eigenvalue weighted by atomic mass is 10.1. The fraction of sp³-hybridized carbons (Fsp3) is 0.923. The van der Waals surface area contributed by atoms with Gasteiger partial charge in [0.2, 0.25) is 0 Å². The summed E-state index contributed by atoms with van der Waals surface area (Å²) in [5, 5.41) is 8.04. The van der Waals surface area contributed by atoms with E-state index in [1.807, 2.05) is 6.92 Å². The van der Waals surface area contributed by atoms with Crippen LogP contribution in [0.15, 0.2) is 0 Å². The van der Waals surface area contributed by atoms with Crippen LogP contribution in [-0.2, 0) is 4.79 Å². The zero-order valence-corrected chi connectivity index (χ0v) is 10.9. The van der Waals surface area contributed by atoms with Crippen molar-refractivity contribution < 1.29 is 9.90 Å². The van der Waals surface area contributed by atoms with Crippen LogP contribution >= 0.6 is 0 Å². The minimum Gasteiger partial charge on any atom is -0.481 e. The van der Waals surface area contributed by atoms with Gasteiger partial charge in [-0.3, -0.25) is 4.79 Å². The van der Waals surface area contributed by atoms with Crippen LogP contribution in [0.3, 0.4) is 0 Å². The number of hydrogen-bond donors (Lipinski definition) is 1. The van der Waals surface area contributed by atoms with Crippen molar-refractivity contribution in [3.63, 3.8) is 0 Å². The van der Waals surface area contributed by atoms with E-state index in [1.54, 1.807) is 0 Å². The summed E-state index contributed by atoms with van der Waals surface area (Å²) in [6.45, 7) is 8.80. The van der Waals surface area contributed by atoms with Crippen LogP contribution in [-0.4, -0.2) is 11.1 Å². The van der Waals surface area contributed by atoms with Crippen molar-refractivity contribution in [3.05, 3.63) is 0 Å². The van der Waals surface area contributed by atoms with Crippen molar-refractivity contribution in [1.82, 2.24) is 0 Å². The highest BCUT2D eigenvalue weighted by Crippen LogP contribution is 2.06. The second-order valence-corrected chi connectivity index (χ2v) is 4.39. The standard InChI is InChI=1S/C8H18.C5H10O2/c1-4-5-6-7-8(2)3;1-2-3-4-5(6)7/h8H,4-7H2,1-3H3;2-4H2,1H3,(H,6,7). The van der Waals surface area contributed by atoms with Crippen LogP contribution in [0.25, 0.3) is 0 Å². The van der Waals surface area contributed by atoms with Gasteiger partial charge in [-0.1, -0.05) is 59.8 Å². The lowest BCUT2D eigenvalue weighted by molar-refractivity contribution is -0.137. The minimum atomic E-state index is -0.693. The van der Waals surface area contributed by atoms with Crippen LogP contribution in [0.1, 0.15) is 72.6 Å². The molecule has 92 valence electrons. The molecule has 0 aromatic heterocycles. The fourth-order valence-electron chi connectivity index (χ4n) is 1.13. The lowest BCUT2D eigenvalue weighted by Gasteiger charge is -2.00. The van der Waals surface area contributed by atoms with E-state index in [-0.39, 0.29) is 0 Å². The zero-order valence-electron chi connectivity index (χ0n) is 10.9. The number of carbonyl (C=O) groups is 1. The molecular formula is C13H28O2. The first-order valence-electron chi connectivity index (χ1n) is 6.26. The number of rotatable bonds is 7. The molecule has 0 unspecified atom stereocenters. The van der Waals surface area contributed by atoms with E-state index in [9.17, 15) is 4.79 Å². The second-order valence-electron chi connectivity index (χ2n) is 4.39. The largest absolute Gasteiger partial charge is 0.481 e. The topological polar surface area (TPSA) is 37.3 Å². The summed E-state index contributed by atoms with van der Waals surface area (Å²) in [5.74, 6) is 0.211. The van der Waals surface area contributed by atoms with Crippen molar-refractivity contribution in [3.8, 4) is 0 Å². The van der Waals surface area contributed by atoms with E-state index in [0.717, 1.165) is 18.8 Å². The van der Waals surface area contributed by atoms with Gasteiger partial charge >= 0.3 is 5.97 Å². The molecule has 0 atom stereocenters. The van der Waals surface area contributed by atoms with Crippen molar-refractivity contribution in [2.24, 2.45) is 5.92 Å². The molecule has 0 spiro atoms. The number of carboxylic acid groups (broad SMARTS) is 1. The maximum Gasteiger partial charge on any atom is 0.303 e. The van der Waals surface area contributed by atoms with Crippen LogP contribution < -0.4 is 0 Å². The van der Waals surface area contributed by atoms with Crippen molar-refractivity contribution in [2.45, 2.75) is 72.6 Å². The summed E-state index contributed by atoms with van der Waals surface area (Å²) in [4.78, 5) is 9.76. The zero-order chi connectivity index (χ0) is 12.1. The number of carboxylic acids is 1. The Kier molecular flexibility index (Phi) is 15.2. The maximum absolute atomic E-state index is 9.76. The van der Waals surface area contributed by atoms with Gasteiger partial charge in [-0.05, 0) is 12.3 Å². The molecule has 2 nitrogen and oxygen atoms in total. The quantitative estimate of drug-likeness (QED) is 0.637. The Morgan fingerprint density at radius 2 is 1.60 bits per heavy atom. The third kappa shape index (κ3) is 24.7. The van der Waals surface area contributed by atoms with E-state index in [4.69, 9.17) is 5.11 Å². The van der Waals surface area contributed by atoms with Crippen LogP contribution in [0.2, 0.25) is 0 Å². The van der Waals surface area contributed by atoms with E-state index in [2.05, 4.69) is 20.8 Å². The predicted molar refractivity (Wildman–Crippen MR) is 66.1 cm³/mol. The Bertz CT molecular complexity index is 130. The predicted octanol–water partition coefficient (Wildman–Crippen LogP) is 4.48. The first-order valence-corrected chi connectivity index (χ1v) is 6.26. The SMILES string of the molecule is CCCCC(=O)O.CCCCCC(C)C. The molecule has 15 heavy (non-hydrogen) atoms. The summed E-state index contributed by atoms with van der Waals surface area (Å²) < 4.78 is 0. The van der Waals surface area contributed by atoms with E-state index < -0.39 is 5.97 Å². The monoisotopic (exact) mass is 216 g/mol. The minimum absolute atomic E-state index is 0.316. The van der Waals surface area contributed by atoms with Gasteiger partial charge in [-0.25, -0.2) is 0 Å². The molecule has 1 N–H and O–H groups in total. The maximum atomic E-state index is 9.76. The summed E-state index contributed by atoms with van der Waals surface area (Å²) >= 11 is 0. The van der Waals surface area contributed by atoms with Gasteiger partial charge in [-0.2, -0.15) is 0 Å². The van der Waals surface area contributed by atoms with Crippen molar-refractivity contribution in [2.75, 3.05) is 0 Å². The molecule has 0 bridgehead atoms. The molecule has 0 aromatic rings. The highest BCUT2D eigenvalue weighted by Gasteiger charge is 1.91. The highest BCUT2D eigenvalue weighted by atomic mass is 16.4. The number of hydrogen-bond acceptors (Lipinski definition) is 1. The van der Waals surface area contributed by atoms with Crippen LogP contribution in [0, 0.1) is 5.92 Å². The summed E-state index contributed by atoms with van der Waals surface area (Å²) in [5.41, 5.74) is 0. The highest BCUT2D eigenvalue weighted by molar-refractivity contribution is 5.66. The van der Waals surface area contributed by atoms with Gasteiger partial charge in [0.15, 0.2) is 0 Å². The molecule has 0 aliphatic heterocycles. The van der Waals surface area contributed by atoms with Gasteiger partial charge in [0.25, 0.3) is 0 Å². The summed E-state index contributed by atoms with van der Waals surface area (Å²) in [7, 11) is 0. The smallest absolute Gasteiger partial charge is 0.303 e. The fourth-order valence-corrected chi connectivity index (χ4v) is 1.13. The third-order valence-electron chi connectivity index (χ3n) is 2.13. The van der Waals surface area contributed by atoms with Crippen LogP contribution in [0.4, 0.5) is 0 Å². The Labute approximate surface area is 95.1 Å². The third-order valence-corrected chi connectivity index (χ3v) is 2.13. The molecule has 0 heterocycles. The molecule has 0 radical (unpaired) electrons. The second kappa shape index (κ2) is 13.5. The molecule has 0 saturated carbocycles. The van der Waals surface area contributed by atoms with E-state index in [0.29, 0.717) is 6.42 Å². The summed E-state index contributed by atoms with van der Waals surface area (Å²) in [6.07, 6.45) is 7.69. The Balaban J connectivity index is 0. The normalized spacial score (nSPS) is 9.67. The van der Waals surface area contributed by atoms with Gasteiger partial charge in [0.1, 0.15) is 0 Å². The van der Waals surface area contributed by atoms with E-state index in [1.165, 1.54) is 25.7 Å². The number of aliphatic carboxylic acids is 1. The average molecular weight is 216 g/mol. The van der Waals surface area contributed by atoms with Gasteiger partial charge in [0.05, 0.1) is 0 Å². The molecule has 0 aliphatic carbocycles.